The molecular weight excluding hydrogens is 393 g/mol. The topological polar surface area (TPSA) is 95.9 Å². The normalized spacial score (nSPS) is 14.3. The molecule has 1 aromatic carbocycles. The van der Waals surface area contributed by atoms with Crippen LogP contribution in [0.3, 0.4) is 0 Å². The molecule has 0 bridgehead atoms. The van der Waals surface area contributed by atoms with Crippen molar-refractivity contribution in [2.75, 3.05) is 6.61 Å². The molecule has 0 saturated heterocycles. The number of hydrogen-bond acceptors (Lipinski definition) is 5. The second-order valence-electron chi connectivity index (χ2n) is 4.51. The molecule has 0 fully saturated rings. The molecule has 23 heavy (non-hydrogen) atoms. The summed E-state index contributed by atoms with van der Waals surface area (Å²) >= 11 is 11.6. The summed E-state index contributed by atoms with van der Waals surface area (Å²) in [7, 11) is -4.76. The molecule has 0 aromatic heterocycles. The van der Waals surface area contributed by atoms with Gasteiger partial charge in [-0.1, -0.05) is 36.5 Å². The summed E-state index contributed by atoms with van der Waals surface area (Å²) in [6, 6.07) is 4.43. The van der Waals surface area contributed by atoms with Gasteiger partial charge in [-0.05, 0) is 31.0 Å². The average Bonchev–Trinajstić information content (AvgIpc) is 2.41. The van der Waals surface area contributed by atoms with E-state index in [1.807, 2.05) is 6.92 Å². The molecular formula is C13H16Cl2KO6P. The standard InChI is InChI=1S/C13H17Cl2O6P.K/c1-2-3-4-13(22(17,18)19)21-12(16)8-20-11-6-5-9(14)7-10(11)15;/h5-7,13H,2-4,8H2,1H3,(H2,17,18,19);/q;+1/p-1. The summed E-state index contributed by atoms with van der Waals surface area (Å²) in [5.74, 6) is -2.27. The zero-order valence-corrected chi connectivity index (χ0v) is 18.4. The Balaban J connectivity index is 0.00000484. The maximum Gasteiger partial charge on any atom is 1.00 e. The van der Waals surface area contributed by atoms with Crippen LogP contribution in [0.4, 0.5) is 0 Å². The van der Waals surface area contributed by atoms with E-state index < -0.39 is 26.0 Å². The number of hydrogen-bond donors (Lipinski definition) is 1. The molecule has 6 nitrogen and oxygen atoms in total. The second-order valence-corrected chi connectivity index (χ2v) is 7.06. The van der Waals surface area contributed by atoms with Crippen molar-refractivity contribution in [1.29, 1.82) is 0 Å². The van der Waals surface area contributed by atoms with Gasteiger partial charge in [0.25, 0.3) is 0 Å². The number of ether oxygens (including phenoxy) is 2. The molecule has 0 aliphatic carbocycles. The minimum absolute atomic E-state index is 0. The predicted molar refractivity (Wildman–Crippen MR) is 81.2 cm³/mol. The minimum Gasteiger partial charge on any atom is -0.776 e. The number of rotatable bonds is 8. The Morgan fingerprint density at radius 2 is 2.09 bits per heavy atom. The third-order valence-corrected chi connectivity index (χ3v) is 4.30. The van der Waals surface area contributed by atoms with Gasteiger partial charge in [-0.15, -0.1) is 0 Å². The van der Waals surface area contributed by atoms with E-state index in [1.165, 1.54) is 18.2 Å². The summed E-state index contributed by atoms with van der Waals surface area (Å²) in [6.07, 6.45) is 1.22. The quantitative estimate of drug-likeness (QED) is 0.369. The molecule has 0 aliphatic rings. The van der Waals surface area contributed by atoms with Gasteiger partial charge < -0.3 is 23.8 Å². The molecule has 1 aromatic rings. The third-order valence-electron chi connectivity index (χ3n) is 2.68. The Labute approximate surface area is 187 Å². The number of carbonyl (C=O) groups excluding carboxylic acids is 1. The van der Waals surface area contributed by atoms with E-state index in [2.05, 4.69) is 0 Å². The summed E-state index contributed by atoms with van der Waals surface area (Å²) < 4.78 is 21.0. The van der Waals surface area contributed by atoms with E-state index in [0.717, 1.165) is 0 Å². The largest absolute Gasteiger partial charge is 1.00 e. The van der Waals surface area contributed by atoms with Crippen LogP contribution in [0.1, 0.15) is 26.2 Å². The van der Waals surface area contributed by atoms with Crippen LogP contribution in [-0.2, 0) is 14.1 Å². The van der Waals surface area contributed by atoms with Gasteiger partial charge >= 0.3 is 57.4 Å². The fourth-order valence-electron chi connectivity index (χ4n) is 1.58. The van der Waals surface area contributed by atoms with Gasteiger partial charge in [-0.3, -0.25) is 0 Å². The predicted octanol–water partition coefficient (Wildman–Crippen LogP) is -0.0186. The van der Waals surface area contributed by atoms with Crippen LogP contribution in [0.2, 0.25) is 10.0 Å². The first kappa shape index (κ1) is 23.9. The van der Waals surface area contributed by atoms with E-state index in [9.17, 15) is 14.3 Å². The van der Waals surface area contributed by atoms with Gasteiger partial charge in [0.05, 0.1) is 5.02 Å². The van der Waals surface area contributed by atoms with Gasteiger partial charge in [0, 0.05) is 5.02 Å². The van der Waals surface area contributed by atoms with E-state index >= 15 is 0 Å². The third kappa shape index (κ3) is 9.21. The van der Waals surface area contributed by atoms with Crippen LogP contribution in [-0.4, -0.2) is 23.3 Å². The molecule has 0 saturated carbocycles. The second kappa shape index (κ2) is 11.5. The monoisotopic (exact) mass is 408 g/mol. The molecule has 0 spiro atoms. The fraction of sp³-hybridized carbons (Fsp3) is 0.462. The van der Waals surface area contributed by atoms with E-state index in [4.69, 9.17) is 37.6 Å². The SMILES string of the molecule is CCCCC(OC(=O)COc1ccc(Cl)cc1Cl)P(=O)([O-])O.[K+]. The molecule has 124 valence electrons. The van der Waals surface area contributed by atoms with Crippen molar-refractivity contribution < 1.29 is 80.0 Å². The minimum atomic E-state index is -4.76. The summed E-state index contributed by atoms with van der Waals surface area (Å²) in [5, 5.41) is 0.617. The maximum absolute atomic E-state index is 11.6. The van der Waals surface area contributed by atoms with Gasteiger partial charge in [0.1, 0.15) is 5.75 Å². The van der Waals surface area contributed by atoms with Crippen molar-refractivity contribution in [3.63, 3.8) is 0 Å². The Bertz CT molecular complexity index is 565. The number of carbonyl (C=O) groups is 1. The van der Waals surface area contributed by atoms with Crippen LogP contribution in [0.15, 0.2) is 18.2 Å². The molecule has 1 rings (SSSR count). The van der Waals surface area contributed by atoms with Crippen molar-refractivity contribution >= 4 is 36.8 Å². The first-order chi connectivity index (χ1) is 10.2. The van der Waals surface area contributed by atoms with Crippen LogP contribution in [0, 0.1) is 0 Å². The van der Waals surface area contributed by atoms with Crippen LogP contribution in [0.25, 0.3) is 0 Å². The smallest absolute Gasteiger partial charge is 0.776 e. The molecule has 0 aliphatic heterocycles. The van der Waals surface area contributed by atoms with Gasteiger partial charge in [0.2, 0.25) is 0 Å². The van der Waals surface area contributed by atoms with Crippen molar-refractivity contribution in [3.05, 3.63) is 28.2 Å². The first-order valence-electron chi connectivity index (χ1n) is 6.55. The Morgan fingerprint density at radius 1 is 1.43 bits per heavy atom. The maximum atomic E-state index is 11.6. The van der Waals surface area contributed by atoms with E-state index in [-0.39, 0.29) is 68.6 Å². The molecule has 1 N–H and O–H groups in total. The Hall–Kier alpha value is 0.856. The fourth-order valence-corrected chi connectivity index (χ4v) is 2.80. The summed E-state index contributed by atoms with van der Waals surface area (Å²) in [6.45, 7) is 1.31. The Kier molecular flexibility index (Phi) is 11.9. The van der Waals surface area contributed by atoms with Crippen molar-refractivity contribution in [1.82, 2.24) is 0 Å². The van der Waals surface area contributed by atoms with Gasteiger partial charge in [-0.25, -0.2) is 4.79 Å². The number of esters is 1. The number of benzene rings is 1. The number of unbranched alkanes of at least 4 members (excludes halogenated alkanes) is 1. The number of halogens is 2. The zero-order chi connectivity index (χ0) is 16.8. The van der Waals surface area contributed by atoms with E-state index in [0.29, 0.717) is 17.9 Å². The summed E-state index contributed by atoms with van der Waals surface area (Å²) in [4.78, 5) is 31.9. The first-order valence-corrected chi connectivity index (χ1v) is 8.95. The molecule has 2 atom stereocenters. The van der Waals surface area contributed by atoms with Gasteiger partial charge in [0.15, 0.2) is 20.0 Å². The average molecular weight is 409 g/mol. The molecule has 10 heteroatoms. The molecule has 0 heterocycles. The van der Waals surface area contributed by atoms with Crippen molar-refractivity contribution in [2.24, 2.45) is 0 Å². The van der Waals surface area contributed by atoms with Crippen LogP contribution in [0.5, 0.6) is 5.75 Å². The summed E-state index contributed by atoms with van der Waals surface area (Å²) in [5.41, 5.74) is 0. The zero-order valence-electron chi connectivity index (χ0n) is 12.8. The van der Waals surface area contributed by atoms with Crippen molar-refractivity contribution in [2.45, 2.75) is 32.0 Å². The van der Waals surface area contributed by atoms with Crippen LogP contribution < -0.4 is 61.0 Å². The molecule has 2 unspecified atom stereocenters. The van der Waals surface area contributed by atoms with Gasteiger partial charge in [-0.2, -0.15) is 0 Å². The molecule has 0 radical (unpaired) electrons. The Morgan fingerprint density at radius 3 is 2.61 bits per heavy atom. The van der Waals surface area contributed by atoms with Crippen LogP contribution >= 0.6 is 30.8 Å². The van der Waals surface area contributed by atoms with E-state index in [1.54, 1.807) is 0 Å². The van der Waals surface area contributed by atoms with Crippen molar-refractivity contribution in [3.8, 4) is 5.75 Å². The molecule has 0 amide bonds.